The summed E-state index contributed by atoms with van der Waals surface area (Å²) < 4.78 is 2.01. The Bertz CT molecular complexity index is 662. The van der Waals surface area contributed by atoms with Gasteiger partial charge in [0.1, 0.15) is 11.9 Å². The maximum atomic E-state index is 12.2. The number of hydrogen-bond donors (Lipinski definition) is 1. The molecule has 1 fully saturated rings. The first-order chi connectivity index (χ1) is 9.58. The van der Waals surface area contributed by atoms with E-state index in [1.807, 2.05) is 36.6 Å². The molecule has 4 nitrogen and oxygen atoms in total. The number of amides is 1. The number of hydrogen-bond acceptors (Lipinski definition) is 2. The van der Waals surface area contributed by atoms with Gasteiger partial charge in [-0.1, -0.05) is 6.07 Å². The van der Waals surface area contributed by atoms with E-state index in [2.05, 4.69) is 10.3 Å². The summed E-state index contributed by atoms with van der Waals surface area (Å²) in [5, 5.41) is 2.71. The molecule has 0 aliphatic carbocycles. The van der Waals surface area contributed by atoms with Gasteiger partial charge in [0, 0.05) is 6.54 Å². The van der Waals surface area contributed by atoms with E-state index in [9.17, 15) is 4.79 Å². The number of alkyl halides is 1. The third-order valence-electron chi connectivity index (χ3n) is 3.80. The Kier molecular flexibility index (Phi) is 3.42. The van der Waals surface area contributed by atoms with E-state index >= 15 is 0 Å². The van der Waals surface area contributed by atoms with Crippen LogP contribution in [-0.4, -0.2) is 22.0 Å². The molecular weight excluding hydrogens is 274 g/mol. The normalized spacial score (nSPS) is 20.9. The highest BCUT2D eigenvalue weighted by molar-refractivity contribution is 6.20. The summed E-state index contributed by atoms with van der Waals surface area (Å²) in [7, 11) is 0. The van der Waals surface area contributed by atoms with Gasteiger partial charge in [-0.25, -0.2) is 4.98 Å². The number of rotatable bonds is 2. The largest absolute Gasteiger partial charge is 0.354 e. The topological polar surface area (TPSA) is 46.9 Å². The zero-order valence-corrected chi connectivity index (χ0v) is 12.4. The molecule has 1 aliphatic rings. The fraction of sp³-hybridized carbons (Fsp3) is 0.467. The molecule has 0 bridgehead atoms. The number of carbonyl (C=O) groups excluding carboxylic acids is 1. The minimum atomic E-state index is -0.225. The van der Waals surface area contributed by atoms with Gasteiger partial charge in [0.2, 0.25) is 5.91 Å². The highest BCUT2D eigenvalue weighted by Crippen LogP contribution is 2.31. The molecule has 2 unspecified atom stereocenters. The maximum Gasteiger partial charge on any atom is 0.243 e. The van der Waals surface area contributed by atoms with Gasteiger partial charge in [-0.3, -0.25) is 4.79 Å². The van der Waals surface area contributed by atoms with Gasteiger partial charge in [0.05, 0.1) is 16.4 Å². The van der Waals surface area contributed by atoms with Crippen molar-refractivity contribution in [2.45, 2.75) is 38.1 Å². The first-order valence-corrected chi connectivity index (χ1v) is 7.42. The van der Waals surface area contributed by atoms with Crippen LogP contribution in [0.4, 0.5) is 0 Å². The lowest BCUT2D eigenvalue weighted by Gasteiger charge is -2.25. The molecule has 1 amide bonds. The Balaban J connectivity index is 2.20. The number of aromatic nitrogens is 2. The van der Waals surface area contributed by atoms with Crippen LogP contribution in [0.3, 0.4) is 0 Å². The van der Waals surface area contributed by atoms with Crippen LogP contribution in [0.1, 0.15) is 42.6 Å². The first-order valence-electron chi connectivity index (χ1n) is 6.98. The lowest BCUT2D eigenvalue weighted by atomic mass is 10.1. The number of nitrogens with one attached hydrogen (secondary N) is 1. The van der Waals surface area contributed by atoms with E-state index in [4.69, 9.17) is 11.6 Å². The molecule has 1 saturated heterocycles. The van der Waals surface area contributed by atoms with Crippen molar-refractivity contribution in [3.63, 3.8) is 0 Å². The fourth-order valence-electron chi connectivity index (χ4n) is 2.84. The van der Waals surface area contributed by atoms with Crippen molar-refractivity contribution in [3.8, 4) is 0 Å². The number of imidazole rings is 1. The molecule has 0 radical (unpaired) electrons. The summed E-state index contributed by atoms with van der Waals surface area (Å²) >= 11 is 6.27. The van der Waals surface area contributed by atoms with Crippen LogP contribution in [-0.2, 0) is 4.79 Å². The van der Waals surface area contributed by atoms with Gasteiger partial charge in [-0.2, -0.15) is 0 Å². The predicted molar refractivity (Wildman–Crippen MR) is 80.0 cm³/mol. The van der Waals surface area contributed by atoms with Gasteiger partial charge in [0.25, 0.3) is 0 Å². The standard InChI is InChI=1S/C15H18ClN3O/c1-9-5-6-12-11(8-9)18-14(10(2)16)19(12)13-4-3-7-17-15(13)20/h5-6,8,10,13H,3-4,7H2,1-2H3,(H,17,20). The maximum absolute atomic E-state index is 12.2. The van der Waals surface area contributed by atoms with E-state index in [1.165, 1.54) is 0 Å². The van der Waals surface area contributed by atoms with Crippen LogP contribution in [0.2, 0.25) is 0 Å². The van der Waals surface area contributed by atoms with Crippen molar-refractivity contribution in [2.75, 3.05) is 6.54 Å². The molecule has 106 valence electrons. The molecule has 1 N–H and O–H groups in total. The van der Waals surface area contributed by atoms with Crippen LogP contribution < -0.4 is 5.32 Å². The molecule has 20 heavy (non-hydrogen) atoms. The van der Waals surface area contributed by atoms with Crippen LogP contribution in [0.15, 0.2) is 18.2 Å². The molecule has 2 aromatic rings. The van der Waals surface area contributed by atoms with Crippen molar-refractivity contribution in [2.24, 2.45) is 0 Å². The lowest BCUT2D eigenvalue weighted by molar-refractivity contribution is -0.125. The second kappa shape index (κ2) is 5.09. The average molecular weight is 292 g/mol. The molecule has 1 aromatic heterocycles. The average Bonchev–Trinajstić information content (AvgIpc) is 2.78. The van der Waals surface area contributed by atoms with E-state index < -0.39 is 0 Å². The van der Waals surface area contributed by atoms with Crippen molar-refractivity contribution >= 4 is 28.5 Å². The van der Waals surface area contributed by atoms with Crippen molar-refractivity contribution in [3.05, 3.63) is 29.6 Å². The Hall–Kier alpha value is -1.55. The number of fused-ring (bicyclic) bond motifs is 1. The van der Waals surface area contributed by atoms with E-state index in [-0.39, 0.29) is 17.3 Å². The number of benzene rings is 1. The number of aryl methyl sites for hydroxylation is 1. The number of nitrogens with zero attached hydrogens (tertiary/aromatic N) is 2. The van der Waals surface area contributed by atoms with Crippen molar-refractivity contribution in [1.29, 1.82) is 0 Å². The second-order valence-corrected chi connectivity index (χ2v) is 6.05. The highest BCUT2D eigenvalue weighted by Gasteiger charge is 2.28. The SMILES string of the molecule is Cc1ccc2c(c1)nc(C(C)Cl)n2C1CCCNC1=O. The third kappa shape index (κ3) is 2.18. The van der Waals surface area contributed by atoms with Gasteiger partial charge < -0.3 is 9.88 Å². The monoisotopic (exact) mass is 291 g/mol. The zero-order valence-electron chi connectivity index (χ0n) is 11.7. The van der Waals surface area contributed by atoms with Crippen molar-refractivity contribution < 1.29 is 4.79 Å². The summed E-state index contributed by atoms with van der Waals surface area (Å²) in [5.41, 5.74) is 3.05. The molecule has 3 rings (SSSR count). The van der Waals surface area contributed by atoms with Gasteiger partial charge in [-0.05, 0) is 44.4 Å². The van der Waals surface area contributed by atoms with Gasteiger partial charge >= 0.3 is 0 Å². The summed E-state index contributed by atoms with van der Waals surface area (Å²) in [6.45, 7) is 4.69. The Morgan fingerprint density at radius 1 is 1.50 bits per heavy atom. The van der Waals surface area contributed by atoms with E-state index in [1.54, 1.807) is 0 Å². The summed E-state index contributed by atoms with van der Waals surface area (Å²) in [6, 6.07) is 5.91. The third-order valence-corrected chi connectivity index (χ3v) is 3.99. The molecule has 0 saturated carbocycles. The van der Waals surface area contributed by atoms with Gasteiger partial charge in [0.15, 0.2) is 0 Å². The zero-order chi connectivity index (χ0) is 14.3. The molecule has 5 heteroatoms. The molecule has 1 aliphatic heterocycles. The van der Waals surface area contributed by atoms with E-state index in [0.717, 1.165) is 41.8 Å². The summed E-state index contributed by atoms with van der Waals surface area (Å²) in [5.74, 6) is 0.837. The summed E-state index contributed by atoms with van der Waals surface area (Å²) in [6.07, 6.45) is 1.82. The van der Waals surface area contributed by atoms with E-state index in [0.29, 0.717) is 0 Å². The fourth-order valence-corrected chi connectivity index (χ4v) is 2.99. The quantitative estimate of drug-likeness (QED) is 0.864. The van der Waals surface area contributed by atoms with Crippen LogP contribution in [0.25, 0.3) is 11.0 Å². The van der Waals surface area contributed by atoms with Crippen molar-refractivity contribution in [1.82, 2.24) is 14.9 Å². The Morgan fingerprint density at radius 3 is 3.00 bits per heavy atom. The number of halogens is 1. The molecule has 0 spiro atoms. The second-order valence-electron chi connectivity index (χ2n) is 5.40. The Morgan fingerprint density at radius 2 is 2.30 bits per heavy atom. The van der Waals surface area contributed by atoms with Gasteiger partial charge in [-0.15, -0.1) is 11.6 Å². The van der Waals surface area contributed by atoms with Crippen LogP contribution in [0.5, 0.6) is 0 Å². The summed E-state index contributed by atoms with van der Waals surface area (Å²) in [4.78, 5) is 16.8. The van der Waals surface area contributed by atoms with Crippen LogP contribution in [0, 0.1) is 6.92 Å². The minimum absolute atomic E-state index is 0.0645. The smallest absolute Gasteiger partial charge is 0.243 e. The number of piperidine rings is 1. The number of carbonyl (C=O) groups is 1. The molecular formula is C15H18ClN3O. The Labute approximate surface area is 123 Å². The predicted octanol–water partition coefficient (Wildman–Crippen LogP) is 3.10. The molecule has 2 heterocycles. The molecule has 1 aromatic carbocycles. The highest BCUT2D eigenvalue weighted by atomic mass is 35.5. The minimum Gasteiger partial charge on any atom is -0.354 e. The molecule has 2 atom stereocenters. The van der Waals surface area contributed by atoms with Crippen LogP contribution >= 0.6 is 11.6 Å². The lowest BCUT2D eigenvalue weighted by Crippen LogP contribution is -2.38. The first kappa shape index (κ1) is 13.4.